The van der Waals surface area contributed by atoms with E-state index in [-0.39, 0.29) is 0 Å². The summed E-state index contributed by atoms with van der Waals surface area (Å²) in [5.41, 5.74) is 4.10. The van der Waals surface area contributed by atoms with Gasteiger partial charge in [0.2, 0.25) is 0 Å². The van der Waals surface area contributed by atoms with Crippen molar-refractivity contribution in [3.05, 3.63) is 35.7 Å². The van der Waals surface area contributed by atoms with E-state index in [1.54, 1.807) is 0 Å². The molecule has 1 atom stereocenters. The van der Waals surface area contributed by atoms with Crippen molar-refractivity contribution in [2.75, 3.05) is 7.05 Å². The molecule has 0 amide bonds. The van der Waals surface area contributed by atoms with Crippen LogP contribution in [0.3, 0.4) is 0 Å². The summed E-state index contributed by atoms with van der Waals surface area (Å²) in [6.07, 6.45) is 2.04. The Morgan fingerprint density at radius 3 is 2.41 bits per heavy atom. The van der Waals surface area contributed by atoms with Crippen molar-refractivity contribution in [2.45, 2.75) is 32.7 Å². The van der Waals surface area contributed by atoms with Crippen molar-refractivity contribution >= 4 is 11.0 Å². The highest BCUT2D eigenvalue weighted by Gasteiger charge is 2.10. The molecule has 0 radical (unpaired) electrons. The molecule has 3 nitrogen and oxygen atoms in total. The third-order valence-corrected chi connectivity index (χ3v) is 3.18. The van der Waals surface area contributed by atoms with Gasteiger partial charge >= 0.3 is 0 Å². The molecule has 0 aliphatic rings. The van der Waals surface area contributed by atoms with Crippen LogP contribution in [0, 0.1) is 6.92 Å². The van der Waals surface area contributed by atoms with Crippen LogP contribution in [0.2, 0.25) is 0 Å². The maximum absolute atomic E-state index is 4.71. The molecule has 1 unspecified atom stereocenters. The van der Waals surface area contributed by atoms with Crippen LogP contribution in [0.15, 0.2) is 24.3 Å². The molecule has 0 fully saturated rings. The lowest BCUT2D eigenvalue weighted by Crippen LogP contribution is -2.27. The maximum atomic E-state index is 4.71. The minimum absolute atomic E-state index is 0.476. The number of rotatable bonds is 4. The standard InChI is InChI=1S/C14H19N3/c1-4-11(15-3)9-14-10(2)16-12-7-5-6-8-13(12)17-14/h5-8,11,15H,4,9H2,1-3H3. The fourth-order valence-electron chi connectivity index (χ4n) is 2.00. The van der Waals surface area contributed by atoms with Gasteiger partial charge in [-0.1, -0.05) is 19.1 Å². The third kappa shape index (κ3) is 2.61. The second-order valence-electron chi connectivity index (χ2n) is 4.34. The highest BCUT2D eigenvalue weighted by molar-refractivity contribution is 5.74. The summed E-state index contributed by atoms with van der Waals surface area (Å²) in [4.78, 5) is 9.31. The molecule has 2 rings (SSSR count). The van der Waals surface area contributed by atoms with Crippen molar-refractivity contribution < 1.29 is 0 Å². The van der Waals surface area contributed by atoms with E-state index in [0.717, 1.165) is 35.3 Å². The number of aryl methyl sites for hydroxylation is 1. The molecule has 1 aromatic carbocycles. The largest absolute Gasteiger partial charge is 0.317 e. The Labute approximate surface area is 102 Å². The highest BCUT2D eigenvalue weighted by Crippen LogP contribution is 2.14. The number of benzene rings is 1. The molecule has 90 valence electrons. The summed E-state index contributed by atoms with van der Waals surface area (Å²) in [5.74, 6) is 0. The maximum Gasteiger partial charge on any atom is 0.0890 e. The Balaban J connectivity index is 2.37. The van der Waals surface area contributed by atoms with Crippen molar-refractivity contribution in [2.24, 2.45) is 0 Å². The van der Waals surface area contributed by atoms with E-state index < -0.39 is 0 Å². The smallest absolute Gasteiger partial charge is 0.0890 e. The monoisotopic (exact) mass is 229 g/mol. The van der Waals surface area contributed by atoms with Crippen molar-refractivity contribution in [1.82, 2.24) is 15.3 Å². The van der Waals surface area contributed by atoms with Crippen LogP contribution in [0.1, 0.15) is 24.7 Å². The topological polar surface area (TPSA) is 37.8 Å². The zero-order valence-corrected chi connectivity index (χ0v) is 10.7. The van der Waals surface area contributed by atoms with E-state index >= 15 is 0 Å². The number of nitrogens with one attached hydrogen (secondary N) is 1. The van der Waals surface area contributed by atoms with Gasteiger partial charge in [-0.3, -0.25) is 0 Å². The first-order valence-electron chi connectivity index (χ1n) is 6.14. The first-order valence-corrected chi connectivity index (χ1v) is 6.14. The fraction of sp³-hybridized carbons (Fsp3) is 0.429. The van der Waals surface area contributed by atoms with Crippen LogP contribution in [0.25, 0.3) is 11.0 Å². The minimum Gasteiger partial charge on any atom is -0.317 e. The predicted molar refractivity (Wildman–Crippen MR) is 71.1 cm³/mol. The number of para-hydroxylation sites is 2. The van der Waals surface area contributed by atoms with E-state index in [2.05, 4.69) is 17.2 Å². The average Bonchev–Trinajstić information content (AvgIpc) is 2.36. The number of hydrogen-bond acceptors (Lipinski definition) is 3. The number of aromatic nitrogens is 2. The van der Waals surface area contributed by atoms with Crippen LogP contribution in [0.4, 0.5) is 0 Å². The zero-order valence-electron chi connectivity index (χ0n) is 10.7. The first kappa shape index (κ1) is 12.0. The van der Waals surface area contributed by atoms with Gasteiger partial charge in [0, 0.05) is 12.5 Å². The van der Waals surface area contributed by atoms with Gasteiger partial charge in [0.25, 0.3) is 0 Å². The first-order chi connectivity index (χ1) is 8.24. The van der Waals surface area contributed by atoms with Gasteiger partial charge in [0.05, 0.1) is 22.4 Å². The Hall–Kier alpha value is -1.48. The van der Waals surface area contributed by atoms with E-state index in [1.807, 2.05) is 38.2 Å². The molecule has 2 aromatic rings. The van der Waals surface area contributed by atoms with Crippen molar-refractivity contribution in [1.29, 1.82) is 0 Å². The molecule has 1 heterocycles. The number of likely N-dealkylation sites (N-methyl/N-ethyl adjacent to an activating group) is 1. The second-order valence-corrected chi connectivity index (χ2v) is 4.34. The van der Waals surface area contributed by atoms with Gasteiger partial charge < -0.3 is 5.32 Å². The van der Waals surface area contributed by atoms with E-state index in [0.29, 0.717) is 6.04 Å². The zero-order chi connectivity index (χ0) is 12.3. The Kier molecular flexibility index (Phi) is 3.69. The summed E-state index contributed by atoms with van der Waals surface area (Å²) in [7, 11) is 2.00. The molecule has 0 bridgehead atoms. The van der Waals surface area contributed by atoms with Gasteiger partial charge in [-0.25, -0.2) is 9.97 Å². The Morgan fingerprint density at radius 2 is 1.82 bits per heavy atom. The number of nitrogens with zero attached hydrogens (tertiary/aromatic N) is 2. The summed E-state index contributed by atoms with van der Waals surface area (Å²) in [5, 5.41) is 3.31. The quantitative estimate of drug-likeness (QED) is 0.875. The summed E-state index contributed by atoms with van der Waals surface area (Å²) in [6, 6.07) is 8.51. The van der Waals surface area contributed by atoms with E-state index in [9.17, 15) is 0 Å². The van der Waals surface area contributed by atoms with Crippen LogP contribution >= 0.6 is 0 Å². The summed E-state index contributed by atoms with van der Waals surface area (Å²) < 4.78 is 0. The normalized spacial score (nSPS) is 12.9. The lowest BCUT2D eigenvalue weighted by Gasteiger charge is -2.14. The molecule has 0 aliphatic carbocycles. The lowest BCUT2D eigenvalue weighted by atomic mass is 10.1. The van der Waals surface area contributed by atoms with E-state index in [1.165, 1.54) is 0 Å². The lowest BCUT2D eigenvalue weighted by molar-refractivity contribution is 0.536. The number of fused-ring (bicyclic) bond motifs is 1. The molecular weight excluding hydrogens is 210 g/mol. The van der Waals surface area contributed by atoms with Crippen molar-refractivity contribution in [3.63, 3.8) is 0 Å². The molecule has 1 N–H and O–H groups in total. The molecule has 0 spiro atoms. The fourth-order valence-corrected chi connectivity index (χ4v) is 2.00. The van der Waals surface area contributed by atoms with Gasteiger partial charge in [-0.15, -0.1) is 0 Å². The average molecular weight is 229 g/mol. The highest BCUT2D eigenvalue weighted by atomic mass is 14.9. The molecule has 1 aromatic heterocycles. The van der Waals surface area contributed by atoms with Crippen LogP contribution < -0.4 is 5.32 Å². The summed E-state index contributed by atoms with van der Waals surface area (Å²) in [6.45, 7) is 4.22. The van der Waals surface area contributed by atoms with Crippen molar-refractivity contribution in [3.8, 4) is 0 Å². The Morgan fingerprint density at radius 1 is 1.18 bits per heavy atom. The Bertz CT molecular complexity index is 504. The van der Waals surface area contributed by atoms with Gasteiger partial charge in [-0.2, -0.15) is 0 Å². The predicted octanol–water partition coefficient (Wildman–Crippen LogP) is 2.48. The molecule has 3 heteroatoms. The molecule has 17 heavy (non-hydrogen) atoms. The van der Waals surface area contributed by atoms with Crippen LogP contribution in [0.5, 0.6) is 0 Å². The number of hydrogen-bond donors (Lipinski definition) is 1. The van der Waals surface area contributed by atoms with Gasteiger partial charge in [0.15, 0.2) is 0 Å². The molecular formula is C14H19N3. The summed E-state index contributed by atoms with van der Waals surface area (Å²) >= 11 is 0. The van der Waals surface area contributed by atoms with Crippen LogP contribution in [-0.2, 0) is 6.42 Å². The molecule has 0 saturated carbocycles. The van der Waals surface area contributed by atoms with E-state index in [4.69, 9.17) is 4.98 Å². The van der Waals surface area contributed by atoms with Crippen LogP contribution in [-0.4, -0.2) is 23.1 Å². The third-order valence-electron chi connectivity index (χ3n) is 3.18. The molecule has 0 saturated heterocycles. The van der Waals surface area contributed by atoms with Gasteiger partial charge in [-0.05, 0) is 32.5 Å². The molecule has 0 aliphatic heterocycles. The second kappa shape index (κ2) is 5.23. The SMILES string of the molecule is CCC(Cc1nc2ccccc2nc1C)NC. The minimum atomic E-state index is 0.476. The van der Waals surface area contributed by atoms with Gasteiger partial charge in [0.1, 0.15) is 0 Å².